The molecule has 17 atom stereocenters. The molecule has 0 aromatic heterocycles. The molecule has 1 saturated carbocycles. The molecule has 274 valence electrons. The Hall–Kier alpha value is -1.74. The van der Waals surface area contributed by atoms with Crippen molar-refractivity contribution in [1.29, 1.82) is 0 Å². The first-order valence-electron chi connectivity index (χ1n) is 15.3. The van der Waals surface area contributed by atoms with Gasteiger partial charge < -0.3 is 98.5 Å². The van der Waals surface area contributed by atoms with Gasteiger partial charge in [-0.15, -0.1) is 0 Å². The number of nitrogens with two attached hydrogens (primary N) is 4. The van der Waals surface area contributed by atoms with Gasteiger partial charge >= 0.3 is 0 Å². The van der Waals surface area contributed by atoms with Crippen molar-refractivity contribution in [1.82, 2.24) is 10.6 Å². The van der Waals surface area contributed by atoms with Crippen LogP contribution in [0.1, 0.15) is 19.3 Å². The van der Waals surface area contributed by atoms with Gasteiger partial charge in [-0.25, -0.2) is 0 Å². The van der Waals surface area contributed by atoms with Gasteiger partial charge in [0.25, 0.3) is 0 Å². The van der Waals surface area contributed by atoms with Crippen LogP contribution in [0.5, 0.6) is 0 Å². The highest BCUT2D eigenvalue weighted by Crippen LogP contribution is 2.32. The molecule has 3 rings (SSSR count). The summed E-state index contributed by atoms with van der Waals surface area (Å²) < 4.78 is 22.8. The maximum absolute atomic E-state index is 12.7. The summed E-state index contributed by atoms with van der Waals surface area (Å²) in [5.41, 5.74) is 23.0. The van der Waals surface area contributed by atoms with Gasteiger partial charge in [-0.3, -0.25) is 9.59 Å². The van der Waals surface area contributed by atoms with E-state index in [1.54, 1.807) is 0 Å². The summed E-state index contributed by atoms with van der Waals surface area (Å²) in [6.07, 6.45) is -22.9. The van der Waals surface area contributed by atoms with Gasteiger partial charge in [0.15, 0.2) is 12.6 Å². The maximum atomic E-state index is 12.7. The second-order valence-electron chi connectivity index (χ2n) is 11.9. The summed E-state index contributed by atoms with van der Waals surface area (Å²) in [5.74, 6) is -1.72. The maximum Gasteiger partial charge on any atom is 0.249 e. The van der Waals surface area contributed by atoms with E-state index < -0.39 is 129 Å². The van der Waals surface area contributed by atoms with Crippen LogP contribution in [-0.2, 0) is 28.5 Å². The molecule has 2 amide bonds. The Kier molecular flexibility index (Phi) is 15.0. The molecular formula is C26H50N6O15. The van der Waals surface area contributed by atoms with Gasteiger partial charge in [0.1, 0.15) is 73.2 Å². The molecule has 21 nitrogen and oxygen atoms in total. The van der Waals surface area contributed by atoms with Crippen molar-refractivity contribution in [3.63, 3.8) is 0 Å². The van der Waals surface area contributed by atoms with Crippen molar-refractivity contribution in [2.45, 2.75) is 123 Å². The zero-order chi connectivity index (χ0) is 35.2. The standard InChI is InChI=1S/C26H50N6O15/c27-3-1-10(34)23(42)31-6-12-16(37)18(39)19(40)26(44-12)46-21-8(29)5-9(32-24(43)11(35)2-4-28)22(20(21)41)47-25-17(38)14(30)15(36)13(7-33)45-25/h8-22,25-26,33-41H,1-7,27-30H2,(H,31,42)(H,32,43)/t8-,9+,10-,11-,12?,13?,14+,15+,16+,17?,18+,19?,20-,21+,22-,25+,26-/m0/s1. The molecule has 19 N–H and O–H groups in total. The molecule has 2 saturated heterocycles. The Morgan fingerprint density at radius 3 is 1.89 bits per heavy atom. The Morgan fingerprint density at radius 1 is 0.745 bits per heavy atom. The molecule has 47 heavy (non-hydrogen) atoms. The molecule has 21 heteroatoms. The third kappa shape index (κ3) is 9.49. The average molecular weight is 687 g/mol. The third-order valence-electron chi connectivity index (χ3n) is 8.50. The molecule has 0 aromatic rings. The molecule has 2 aliphatic heterocycles. The van der Waals surface area contributed by atoms with E-state index >= 15 is 0 Å². The first-order chi connectivity index (χ1) is 22.2. The summed E-state index contributed by atoms with van der Waals surface area (Å²) in [6, 6.07) is -3.66. The van der Waals surface area contributed by atoms with Crippen LogP contribution in [0, 0.1) is 0 Å². The predicted molar refractivity (Wildman–Crippen MR) is 155 cm³/mol. The van der Waals surface area contributed by atoms with Gasteiger partial charge in [-0.2, -0.15) is 0 Å². The van der Waals surface area contributed by atoms with Crippen LogP contribution in [0.2, 0.25) is 0 Å². The number of nitrogens with one attached hydrogen (secondary N) is 2. The lowest BCUT2D eigenvalue weighted by atomic mass is 9.83. The summed E-state index contributed by atoms with van der Waals surface area (Å²) in [7, 11) is 0. The topological polar surface area (TPSA) is 381 Å². The van der Waals surface area contributed by atoms with Crippen LogP contribution in [0.3, 0.4) is 0 Å². The first-order valence-corrected chi connectivity index (χ1v) is 15.3. The van der Waals surface area contributed by atoms with E-state index in [4.69, 9.17) is 41.9 Å². The zero-order valence-electron chi connectivity index (χ0n) is 25.5. The molecular weight excluding hydrogens is 636 g/mol. The molecule has 3 fully saturated rings. The SMILES string of the molecule is NCC[C@H](O)C(=O)NCC1O[C@@H](O[C@H]2[C@H](O)[C@@H](O[C@H]3OC(CO)[C@@H](O)[C@@H](N)C3O)[C@H](NC(=O)[C@@H](O)CCN)C[C@@H]2N)C(O)[C@H](O)[C@@H]1O. The normalized spacial score (nSPS) is 42.4. The van der Waals surface area contributed by atoms with E-state index in [2.05, 4.69) is 10.6 Å². The van der Waals surface area contributed by atoms with E-state index in [1.807, 2.05) is 0 Å². The Bertz CT molecular complexity index is 1000. The predicted octanol–water partition coefficient (Wildman–Crippen LogP) is -9.56. The fourth-order valence-electron chi connectivity index (χ4n) is 5.65. The lowest BCUT2D eigenvalue weighted by molar-refractivity contribution is -0.333. The van der Waals surface area contributed by atoms with E-state index in [0.717, 1.165) is 0 Å². The van der Waals surface area contributed by atoms with E-state index in [-0.39, 0.29) is 32.4 Å². The quantitative estimate of drug-likeness (QED) is 0.0806. The number of hydrogen-bond acceptors (Lipinski definition) is 19. The molecule has 4 unspecified atom stereocenters. The molecule has 3 aliphatic rings. The minimum atomic E-state index is -1.89. The molecule has 2 heterocycles. The third-order valence-corrected chi connectivity index (χ3v) is 8.50. The van der Waals surface area contributed by atoms with Crippen LogP contribution < -0.4 is 33.6 Å². The van der Waals surface area contributed by atoms with E-state index in [0.29, 0.717) is 0 Å². The first kappa shape index (κ1) is 39.7. The van der Waals surface area contributed by atoms with Crippen molar-refractivity contribution in [3.05, 3.63) is 0 Å². The highest BCUT2D eigenvalue weighted by molar-refractivity contribution is 5.81. The van der Waals surface area contributed by atoms with Gasteiger partial charge in [0, 0.05) is 12.6 Å². The number of aliphatic hydroxyl groups is 9. The molecule has 1 aliphatic carbocycles. The monoisotopic (exact) mass is 686 g/mol. The number of ether oxygens (including phenoxy) is 4. The van der Waals surface area contributed by atoms with Crippen molar-refractivity contribution in [3.8, 4) is 0 Å². The minimum absolute atomic E-state index is 0.0219. The van der Waals surface area contributed by atoms with Crippen LogP contribution in [-0.4, -0.2) is 188 Å². The average Bonchev–Trinajstić information content (AvgIpc) is 3.03. The van der Waals surface area contributed by atoms with Crippen LogP contribution in [0.15, 0.2) is 0 Å². The van der Waals surface area contributed by atoms with Gasteiger partial charge in [0.2, 0.25) is 11.8 Å². The Balaban J connectivity index is 1.82. The Labute approximate surface area is 269 Å². The van der Waals surface area contributed by atoms with Crippen molar-refractivity contribution in [2.24, 2.45) is 22.9 Å². The smallest absolute Gasteiger partial charge is 0.249 e. The highest BCUT2D eigenvalue weighted by atomic mass is 16.7. The Morgan fingerprint density at radius 2 is 1.30 bits per heavy atom. The fourth-order valence-corrected chi connectivity index (χ4v) is 5.65. The van der Waals surface area contributed by atoms with E-state index in [9.17, 15) is 55.5 Å². The van der Waals surface area contributed by atoms with Crippen molar-refractivity contribution in [2.75, 3.05) is 26.2 Å². The van der Waals surface area contributed by atoms with Gasteiger partial charge in [-0.1, -0.05) is 0 Å². The molecule has 0 spiro atoms. The van der Waals surface area contributed by atoms with Crippen LogP contribution in [0.25, 0.3) is 0 Å². The van der Waals surface area contributed by atoms with Crippen molar-refractivity contribution >= 4 is 11.8 Å². The fraction of sp³-hybridized carbons (Fsp3) is 0.923. The number of carbonyl (C=O) groups is 2. The van der Waals surface area contributed by atoms with Crippen LogP contribution >= 0.6 is 0 Å². The summed E-state index contributed by atoms with van der Waals surface area (Å²) in [6.45, 7) is -1.15. The zero-order valence-corrected chi connectivity index (χ0v) is 25.5. The summed E-state index contributed by atoms with van der Waals surface area (Å²) >= 11 is 0. The number of hydrogen-bond donors (Lipinski definition) is 15. The molecule has 0 radical (unpaired) electrons. The summed E-state index contributed by atoms with van der Waals surface area (Å²) in [4.78, 5) is 24.8. The largest absolute Gasteiger partial charge is 0.394 e. The second kappa shape index (κ2) is 17.8. The molecule has 0 bridgehead atoms. The number of aliphatic hydroxyl groups excluding tert-OH is 9. The number of rotatable bonds is 14. The second-order valence-corrected chi connectivity index (χ2v) is 11.9. The lowest BCUT2D eigenvalue weighted by Crippen LogP contribution is -2.69. The number of carbonyl (C=O) groups excluding carboxylic acids is 2. The molecule has 0 aromatic carbocycles. The minimum Gasteiger partial charge on any atom is -0.394 e. The highest BCUT2D eigenvalue weighted by Gasteiger charge is 2.52. The van der Waals surface area contributed by atoms with Crippen molar-refractivity contribution < 1.29 is 74.5 Å². The van der Waals surface area contributed by atoms with E-state index in [1.165, 1.54) is 0 Å². The van der Waals surface area contributed by atoms with Gasteiger partial charge in [-0.05, 0) is 32.4 Å². The lowest BCUT2D eigenvalue weighted by Gasteiger charge is -2.49. The van der Waals surface area contributed by atoms with Gasteiger partial charge in [0.05, 0.1) is 18.7 Å². The number of amides is 2. The summed E-state index contributed by atoms with van der Waals surface area (Å²) in [5, 5.41) is 98.4. The van der Waals surface area contributed by atoms with Crippen LogP contribution in [0.4, 0.5) is 0 Å².